The third-order valence-electron chi connectivity index (χ3n) is 8.42. The van der Waals surface area contributed by atoms with E-state index >= 15 is 0 Å². The van der Waals surface area contributed by atoms with Crippen molar-refractivity contribution in [3.63, 3.8) is 0 Å². The van der Waals surface area contributed by atoms with Gasteiger partial charge in [-0.3, -0.25) is 8.80 Å². The Morgan fingerprint density at radius 1 is 0.518 bits per heavy atom. The SMILES string of the molecule is Cc1ccc(Nc2ccnc(-c3c(C)nc4ccc(C(F)(F)F)cn34)n2)cc1.Cc1nc2ccc(C(F)(F)F)cn2c1-c1nccc(Nc2ccc(Br)cc2)n1. The summed E-state index contributed by atoms with van der Waals surface area (Å²) in [5, 5.41) is 6.33. The largest absolute Gasteiger partial charge is 0.417 e. The van der Waals surface area contributed by atoms with Crippen LogP contribution in [-0.2, 0) is 12.4 Å². The number of nitrogens with zero attached hydrogens (tertiary/aromatic N) is 8. The van der Waals surface area contributed by atoms with Crippen LogP contribution >= 0.6 is 15.9 Å². The molecule has 0 amide bonds. The molecular formula is C39H29BrF6N10. The zero-order valence-corrected chi connectivity index (χ0v) is 31.2. The molecule has 8 aromatic rings. The van der Waals surface area contributed by atoms with Gasteiger partial charge in [-0.25, -0.2) is 29.9 Å². The quantitative estimate of drug-likeness (QED) is 0.159. The van der Waals surface area contributed by atoms with Crippen molar-refractivity contribution in [1.29, 1.82) is 0 Å². The van der Waals surface area contributed by atoms with Crippen molar-refractivity contribution in [2.45, 2.75) is 33.1 Å². The van der Waals surface area contributed by atoms with Crippen LogP contribution in [0.2, 0.25) is 0 Å². The molecule has 0 bridgehead atoms. The van der Waals surface area contributed by atoms with E-state index in [1.165, 1.54) is 20.9 Å². The standard InChI is InChI=1S/C20H16F3N5.C19H13BrF3N5/c1-12-3-6-15(7-4-12)26-16-9-10-24-19(27-16)18-13(2)25-17-8-5-14(11-28(17)18)20(21,22)23;1-11-17(28-10-12(19(21,22)23)2-7-16(28)25-11)18-24-9-8-15(27-18)26-14-5-3-13(20)4-6-14/h3-11H,1-2H3,(H,24,26,27);2-10H,1H3,(H,24,26,27). The molecule has 56 heavy (non-hydrogen) atoms. The van der Waals surface area contributed by atoms with Gasteiger partial charge in [-0.1, -0.05) is 33.6 Å². The number of benzene rings is 2. The Kier molecular flexibility index (Phi) is 10.2. The first-order valence-corrected chi connectivity index (χ1v) is 17.6. The normalized spacial score (nSPS) is 11.8. The summed E-state index contributed by atoms with van der Waals surface area (Å²) in [6.07, 6.45) is -3.74. The monoisotopic (exact) mass is 830 g/mol. The number of alkyl halides is 6. The highest BCUT2D eigenvalue weighted by Gasteiger charge is 2.32. The lowest BCUT2D eigenvalue weighted by molar-refractivity contribution is -0.138. The minimum atomic E-state index is -4.45. The molecule has 0 radical (unpaired) electrons. The van der Waals surface area contributed by atoms with Gasteiger partial charge >= 0.3 is 12.4 Å². The van der Waals surface area contributed by atoms with Crippen LogP contribution in [0.3, 0.4) is 0 Å². The molecule has 0 spiro atoms. The number of nitrogens with one attached hydrogen (secondary N) is 2. The van der Waals surface area contributed by atoms with E-state index in [4.69, 9.17) is 0 Å². The predicted octanol–water partition coefficient (Wildman–Crippen LogP) is 10.8. The van der Waals surface area contributed by atoms with E-state index in [1.807, 2.05) is 55.5 Å². The van der Waals surface area contributed by atoms with Crippen molar-refractivity contribution in [1.82, 2.24) is 38.7 Å². The fraction of sp³-hybridized carbons (Fsp3) is 0.128. The summed E-state index contributed by atoms with van der Waals surface area (Å²) in [6, 6.07) is 23.4. The van der Waals surface area contributed by atoms with Crippen LogP contribution in [0.5, 0.6) is 0 Å². The van der Waals surface area contributed by atoms with Gasteiger partial charge in [0.2, 0.25) is 0 Å². The summed E-state index contributed by atoms with van der Waals surface area (Å²) in [5.41, 5.74) is 4.02. The number of fused-ring (bicyclic) bond motifs is 2. The fourth-order valence-electron chi connectivity index (χ4n) is 5.75. The molecule has 0 aliphatic rings. The highest BCUT2D eigenvalue weighted by atomic mass is 79.9. The van der Waals surface area contributed by atoms with E-state index in [1.54, 1.807) is 38.4 Å². The van der Waals surface area contributed by atoms with Crippen LogP contribution in [0, 0.1) is 20.8 Å². The molecule has 284 valence electrons. The zero-order chi connectivity index (χ0) is 39.8. The van der Waals surface area contributed by atoms with Gasteiger partial charge in [-0.2, -0.15) is 26.3 Å². The van der Waals surface area contributed by atoms with Crippen molar-refractivity contribution in [3.05, 3.63) is 142 Å². The minimum Gasteiger partial charge on any atom is -0.340 e. The summed E-state index contributed by atoms with van der Waals surface area (Å²) in [6.45, 7) is 5.43. The molecule has 0 atom stereocenters. The fourth-order valence-corrected chi connectivity index (χ4v) is 6.01. The summed E-state index contributed by atoms with van der Waals surface area (Å²) < 4.78 is 82.4. The number of anilines is 4. The van der Waals surface area contributed by atoms with Gasteiger partial charge < -0.3 is 10.6 Å². The maximum atomic E-state index is 13.1. The Hall–Kier alpha value is -6.36. The molecule has 0 unspecified atom stereocenters. The molecule has 10 nitrogen and oxygen atoms in total. The minimum absolute atomic E-state index is 0.284. The molecule has 0 aliphatic carbocycles. The van der Waals surface area contributed by atoms with Gasteiger partial charge in [0.25, 0.3) is 0 Å². The molecule has 8 rings (SSSR count). The van der Waals surface area contributed by atoms with Crippen molar-refractivity contribution in [2.24, 2.45) is 0 Å². The Balaban J connectivity index is 0.000000172. The number of hydrogen-bond acceptors (Lipinski definition) is 8. The zero-order valence-electron chi connectivity index (χ0n) is 29.6. The van der Waals surface area contributed by atoms with E-state index in [0.29, 0.717) is 51.5 Å². The number of hydrogen-bond donors (Lipinski definition) is 2. The van der Waals surface area contributed by atoms with Crippen LogP contribution in [-0.4, -0.2) is 38.7 Å². The molecule has 0 aliphatic heterocycles. The van der Waals surface area contributed by atoms with Gasteiger partial charge in [0.1, 0.15) is 34.3 Å². The number of aromatic nitrogens is 8. The van der Waals surface area contributed by atoms with Crippen molar-refractivity contribution in [3.8, 4) is 23.0 Å². The smallest absolute Gasteiger partial charge is 0.340 e. The molecule has 0 fully saturated rings. The maximum Gasteiger partial charge on any atom is 0.417 e. The molecule has 17 heteroatoms. The van der Waals surface area contributed by atoms with E-state index in [0.717, 1.165) is 45.9 Å². The predicted molar refractivity (Wildman–Crippen MR) is 204 cm³/mol. The number of pyridine rings is 2. The second-order valence-electron chi connectivity index (χ2n) is 12.5. The first kappa shape index (κ1) is 37.9. The summed E-state index contributed by atoms with van der Waals surface area (Å²) in [4.78, 5) is 26.1. The Bertz CT molecular complexity index is 2490. The summed E-state index contributed by atoms with van der Waals surface area (Å²) in [7, 11) is 0. The number of rotatable bonds is 6. The third kappa shape index (κ3) is 8.31. The van der Waals surface area contributed by atoms with Gasteiger partial charge in [-0.05, 0) is 93.6 Å². The average molecular weight is 832 g/mol. The Labute approximate surface area is 323 Å². The number of halogens is 7. The first-order chi connectivity index (χ1) is 26.6. The second kappa shape index (κ2) is 15.1. The van der Waals surface area contributed by atoms with Crippen molar-refractivity contribution >= 4 is 50.2 Å². The van der Waals surface area contributed by atoms with Gasteiger partial charge in [0.15, 0.2) is 11.6 Å². The first-order valence-electron chi connectivity index (χ1n) is 16.8. The van der Waals surface area contributed by atoms with Gasteiger partial charge in [0.05, 0.1) is 22.5 Å². The number of imidazole rings is 2. The summed E-state index contributed by atoms with van der Waals surface area (Å²) >= 11 is 3.38. The molecular weight excluding hydrogens is 802 g/mol. The van der Waals surface area contributed by atoms with E-state index in [-0.39, 0.29) is 5.82 Å². The molecule has 0 saturated carbocycles. The number of aryl methyl sites for hydroxylation is 3. The highest BCUT2D eigenvalue weighted by Crippen LogP contribution is 2.33. The van der Waals surface area contributed by atoms with Crippen LogP contribution in [0.25, 0.3) is 34.3 Å². The van der Waals surface area contributed by atoms with Crippen LogP contribution in [0.1, 0.15) is 28.1 Å². The molecule has 2 N–H and O–H groups in total. The summed E-state index contributed by atoms with van der Waals surface area (Å²) in [5.74, 6) is 1.64. The lowest BCUT2D eigenvalue weighted by Crippen LogP contribution is -2.07. The molecule has 2 aromatic carbocycles. The van der Waals surface area contributed by atoms with Crippen molar-refractivity contribution in [2.75, 3.05) is 10.6 Å². The Morgan fingerprint density at radius 2 is 0.929 bits per heavy atom. The Morgan fingerprint density at radius 3 is 1.34 bits per heavy atom. The lowest BCUT2D eigenvalue weighted by Gasteiger charge is -2.09. The molecule has 6 heterocycles. The highest BCUT2D eigenvalue weighted by molar-refractivity contribution is 9.10. The van der Waals surface area contributed by atoms with E-state index in [2.05, 4.69) is 56.5 Å². The van der Waals surface area contributed by atoms with Crippen LogP contribution in [0.4, 0.5) is 49.4 Å². The lowest BCUT2D eigenvalue weighted by atomic mass is 10.2. The van der Waals surface area contributed by atoms with Gasteiger partial charge in [-0.15, -0.1) is 0 Å². The van der Waals surface area contributed by atoms with Crippen LogP contribution < -0.4 is 10.6 Å². The third-order valence-corrected chi connectivity index (χ3v) is 8.94. The van der Waals surface area contributed by atoms with Gasteiger partial charge in [0, 0.05) is 40.6 Å². The molecule has 0 saturated heterocycles. The second-order valence-corrected chi connectivity index (χ2v) is 13.4. The maximum absolute atomic E-state index is 13.1. The average Bonchev–Trinajstić information content (AvgIpc) is 3.67. The van der Waals surface area contributed by atoms with E-state index in [9.17, 15) is 26.3 Å². The van der Waals surface area contributed by atoms with Crippen molar-refractivity contribution < 1.29 is 26.3 Å². The van der Waals surface area contributed by atoms with Crippen LogP contribution in [0.15, 0.2) is 114 Å². The van der Waals surface area contributed by atoms with E-state index < -0.39 is 23.5 Å². The topological polar surface area (TPSA) is 110 Å². The molecule has 6 aromatic heterocycles.